The Labute approximate surface area is 136 Å². The van der Waals surface area contributed by atoms with Crippen LogP contribution in [0.25, 0.3) is 0 Å². The van der Waals surface area contributed by atoms with Gasteiger partial charge < -0.3 is 10.2 Å². The molecule has 0 amide bonds. The van der Waals surface area contributed by atoms with Crippen molar-refractivity contribution in [3.05, 3.63) is 0 Å². The predicted molar refractivity (Wildman–Crippen MR) is 93.2 cm³/mol. The molecule has 0 spiro atoms. The van der Waals surface area contributed by atoms with Gasteiger partial charge in [0.1, 0.15) is 0 Å². The van der Waals surface area contributed by atoms with Crippen LogP contribution in [-0.4, -0.2) is 61.1 Å². The predicted octanol–water partition coefficient (Wildman–Crippen LogP) is 2.56. The van der Waals surface area contributed by atoms with E-state index in [2.05, 4.69) is 34.0 Å². The Morgan fingerprint density at radius 2 is 1.77 bits per heavy atom. The average Bonchev–Trinajstić information content (AvgIpc) is 3.25. The molecule has 126 valence electrons. The molecule has 1 N–H and O–H groups in total. The minimum absolute atomic E-state index is 0.658. The van der Waals surface area contributed by atoms with Gasteiger partial charge in [0.25, 0.3) is 0 Å². The van der Waals surface area contributed by atoms with Crippen molar-refractivity contribution in [3.63, 3.8) is 0 Å². The van der Waals surface area contributed by atoms with Gasteiger partial charge in [-0.1, -0.05) is 12.8 Å². The summed E-state index contributed by atoms with van der Waals surface area (Å²) in [6.45, 7) is 9.24. The zero-order chi connectivity index (χ0) is 15.5. The van der Waals surface area contributed by atoms with E-state index in [4.69, 9.17) is 0 Å². The van der Waals surface area contributed by atoms with E-state index in [9.17, 15) is 0 Å². The number of nitrogens with zero attached hydrogens (tertiary/aromatic N) is 3. The molecule has 4 heteroatoms. The topological polar surface area (TPSA) is 30.9 Å². The molecule has 3 aliphatic rings. The standard InChI is InChI=1S/C18H34N4/c1-14(2)22(17-8-9-17)11-10-20-18(19-3)21-12-15-6-4-5-7-16(15)13-21/h14-17H,4-13H2,1-3H3,(H,19,20). The molecule has 1 saturated heterocycles. The second kappa shape index (κ2) is 7.20. The highest BCUT2D eigenvalue weighted by Gasteiger charge is 2.35. The van der Waals surface area contributed by atoms with Crippen molar-refractivity contribution in [2.75, 3.05) is 33.2 Å². The van der Waals surface area contributed by atoms with E-state index in [-0.39, 0.29) is 0 Å². The molecule has 3 fully saturated rings. The van der Waals surface area contributed by atoms with Gasteiger partial charge in [-0.15, -0.1) is 0 Å². The van der Waals surface area contributed by atoms with Crippen LogP contribution in [0.15, 0.2) is 4.99 Å². The van der Waals surface area contributed by atoms with Crippen LogP contribution in [0.2, 0.25) is 0 Å². The molecule has 0 bridgehead atoms. The maximum absolute atomic E-state index is 4.54. The first-order valence-electron chi connectivity index (χ1n) is 9.40. The van der Waals surface area contributed by atoms with Crippen LogP contribution in [0.5, 0.6) is 0 Å². The molecular formula is C18H34N4. The third kappa shape index (κ3) is 3.76. The van der Waals surface area contributed by atoms with Gasteiger partial charge in [-0.05, 0) is 51.4 Å². The molecular weight excluding hydrogens is 272 g/mol. The lowest BCUT2D eigenvalue weighted by molar-refractivity contribution is 0.214. The molecule has 2 unspecified atom stereocenters. The molecule has 0 aromatic rings. The van der Waals surface area contributed by atoms with E-state index in [0.717, 1.165) is 36.9 Å². The van der Waals surface area contributed by atoms with Crippen molar-refractivity contribution in [2.24, 2.45) is 16.8 Å². The van der Waals surface area contributed by atoms with Gasteiger partial charge in [-0.2, -0.15) is 0 Å². The number of hydrogen-bond donors (Lipinski definition) is 1. The molecule has 2 atom stereocenters. The SMILES string of the molecule is CN=C(NCCN(C(C)C)C1CC1)N1CC2CCCCC2C1. The van der Waals surface area contributed by atoms with Gasteiger partial charge in [0.2, 0.25) is 0 Å². The van der Waals surface area contributed by atoms with Crippen LogP contribution in [0.4, 0.5) is 0 Å². The van der Waals surface area contributed by atoms with Crippen LogP contribution in [0, 0.1) is 11.8 Å². The summed E-state index contributed by atoms with van der Waals surface area (Å²) in [6.07, 6.45) is 8.52. The fourth-order valence-corrected chi connectivity index (χ4v) is 4.48. The molecule has 1 heterocycles. The number of rotatable bonds is 5. The third-order valence-electron chi connectivity index (χ3n) is 5.82. The maximum Gasteiger partial charge on any atom is 0.193 e. The molecule has 2 saturated carbocycles. The highest BCUT2D eigenvalue weighted by Crippen LogP contribution is 2.36. The average molecular weight is 306 g/mol. The fraction of sp³-hybridized carbons (Fsp3) is 0.944. The summed E-state index contributed by atoms with van der Waals surface area (Å²) in [5.74, 6) is 2.98. The molecule has 0 radical (unpaired) electrons. The second-order valence-electron chi connectivity index (χ2n) is 7.75. The first-order valence-corrected chi connectivity index (χ1v) is 9.40. The summed E-state index contributed by atoms with van der Waals surface area (Å²) >= 11 is 0. The van der Waals surface area contributed by atoms with Gasteiger partial charge in [-0.3, -0.25) is 9.89 Å². The quantitative estimate of drug-likeness (QED) is 0.625. The number of aliphatic imine (C=N–C) groups is 1. The molecule has 3 rings (SSSR count). The molecule has 0 aromatic carbocycles. The van der Waals surface area contributed by atoms with E-state index < -0.39 is 0 Å². The van der Waals surface area contributed by atoms with Crippen molar-refractivity contribution >= 4 is 5.96 Å². The first-order chi connectivity index (χ1) is 10.7. The third-order valence-corrected chi connectivity index (χ3v) is 5.82. The summed E-state index contributed by atoms with van der Waals surface area (Å²) in [4.78, 5) is 9.70. The van der Waals surface area contributed by atoms with Crippen molar-refractivity contribution in [1.29, 1.82) is 0 Å². The maximum atomic E-state index is 4.54. The minimum atomic E-state index is 0.658. The Kier molecular flexibility index (Phi) is 5.27. The number of fused-ring (bicyclic) bond motifs is 1. The Morgan fingerprint density at radius 3 is 2.27 bits per heavy atom. The molecule has 22 heavy (non-hydrogen) atoms. The first kappa shape index (κ1) is 16.1. The lowest BCUT2D eigenvalue weighted by atomic mass is 9.82. The Hall–Kier alpha value is -0.770. The van der Waals surface area contributed by atoms with E-state index in [1.54, 1.807) is 0 Å². The van der Waals surface area contributed by atoms with Crippen LogP contribution < -0.4 is 5.32 Å². The van der Waals surface area contributed by atoms with E-state index >= 15 is 0 Å². The van der Waals surface area contributed by atoms with Gasteiger partial charge in [-0.25, -0.2) is 0 Å². The highest BCUT2D eigenvalue weighted by molar-refractivity contribution is 5.80. The number of nitrogens with one attached hydrogen (secondary N) is 1. The van der Waals surface area contributed by atoms with E-state index in [1.165, 1.54) is 51.6 Å². The molecule has 0 aromatic heterocycles. The Morgan fingerprint density at radius 1 is 1.14 bits per heavy atom. The van der Waals surface area contributed by atoms with Crippen LogP contribution in [0.3, 0.4) is 0 Å². The van der Waals surface area contributed by atoms with Gasteiger partial charge in [0.15, 0.2) is 5.96 Å². The zero-order valence-corrected chi connectivity index (χ0v) is 14.7. The van der Waals surface area contributed by atoms with Crippen LogP contribution in [0.1, 0.15) is 52.4 Å². The Balaban J connectivity index is 1.46. The van der Waals surface area contributed by atoms with Gasteiger partial charge in [0, 0.05) is 45.3 Å². The van der Waals surface area contributed by atoms with E-state index in [1.807, 2.05) is 7.05 Å². The molecule has 4 nitrogen and oxygen atoms in total. The minimum Gasteiger partial charge on any atom is -0.355 e. The summed E-state index contributed by atoms with van der Waals surface area (Å²) in [7, 11) is 1.94. The van der Waals surface area contributed by atoms with Gasteiger partial charge >= 0.3 is 0 Å². The number of hydrogen-bond acceptors (Lipinski definition) is 2. The number of guanidine groups is 1. The van der Waals surface area contributed by atoms with Crippen LogP contribution in [-0.2, 0) is 0 Å². The van der Waals surface area contributed by atoms with Crippen molar-refractivity contribution in [3.8, 4) is 0 Å². The highest BCUT2D eigenvalue weighted by atomic mass is 15.3. The smallest absolute Gasteiger partial charge is 0.193 e. The zero-order valence-electron chi connectivity index (χ0n) is 14.7. The molecule has 1 aliphatic heterocycles. The van der Waals surface area contributed by atoms with Crippen LogP contribution >= 0.6 is 0 Å². The summed E-state index contributed by atoms with van der Waals surface area (Å²) in [5, 5.41) is 3.62. The largest absolute Gasteiger partial charge is 0.355 e. The normalized spacial score (nSPS) is 29.3. The van der Waals surface area contributed by atoms with Gasteiger partial charge in [0.05, 0.1) is 0 Å². The van der Waals surface area contributed by atoms with Crippen molar-refractivity contribution in [1.82, 2.24) is 15.1 Å². The van der Waals surface area contributed by atoms with Crippen molar-refractivity contribution < 1.29 is 0 Å². The lowest BCUT2D eigenvalue weighted by Crippen LogP contribution is -2.45. The molecule has 2 aliphatic carbocycles. The summed E-state index contributed by atoms with van der Waals surface area (Å²) in [5.41, 5.74) is 0. The lowest BCUT2D eigenvalue weighted by Gasteiger charge is -2.28. The number of likely N-dealkylation sites (tertiary alicyclic amines) is 1. The summed E-state index contributed by atoms with van der Waals surface area (Å²) in [6, 6.07) is 1.50. The Bertz CT molecular complexity index is 373. The monoisotopic (exact) mass is 306 g/mol. The second-order valence-corrected chi connectivity index (χ2v) is 7.75. The summed E-state index contributed by atoms with van der Waals surface area (Å²) < 4.78 is 0. The van der Waals surface area contributed by atoms with Crippen molar-refractivity contribution in [2.45, 2.75) is 64.5 Å². The van der Waals surface area contributed by atoms with E-state index in [0.29, 0.717) is 6.04 Å². The fourth-order valence-electron chi connectivity index (χ4n) is 4.48.